The summed E-state index contributed by atoms with van der Waals surface area (Å²) < 4.78 is 11.3. The van der Waals surface area contributed by atoms with Crippen molar-refractivity contribution < 1.29 is 9.47 Å². The third kappa shape index (κ3) is 3.86. The second-order valence-electron chi connectivity index (χ2n) is 5.00. The predicted molar refractivity (Wildman–Crippen MR) is 92.1 cm³/mol. The van der Waals surface area contributed by atoms with Gasteiger partial charge in [-0.15, -0.1) is 0 Å². The molecule has 1 N–H and O–H groups in total. The van der Waals surface area contributed by atoms with Crippen molar-refractivity contribution in [2.75, 3.05) is 18.6 Å². The summed E-state index contributed by atoms with van der Waals surface area (Å²) in [5, 5.41) is 5.19. The first kappa shape index (κ1) is 15.9. The highest BCUT2D eigenvalue weighted by atomic mass is 35.5. The normalized spacial score (nSPS) is 14.3. The predicted octanol–water partition coefficient (Wildman–Crippen LogP) is 4.39. The number of rotatable bonds is 3. The molecule has 0 radical (unpaired) electrons. The van der Waals surface area contributed by atoms with E-state index in [1.807, 2.05) is 25.1 Å². The molecule has 120 valence electrons. The molecule has 0 bridgehead atoms. The molecule has 0 atom stereocenters. The first-order valence-electron chi connectivity index (χ1n) is 7.15. The fraction of sp³-hybridized carbons (Fsp3) is 0.250. The van der Waals surface area contributed by atoms with Crippen molar-refractivity contribution in [2.24, 2.45) is 5.10 Å². The second-order valence-corrected chi connectivity index (χ2v) is 5.85. The number of hydrogen-bond donors (Lipinski definition) is 1. The van der Waals surface area contributed by atoms with Gasteiger partial charge in [0.25, 0.3) is 0 Å². The van der Waals surface area contributed by atoms with Gasteiger partial charge in [-0.25, -0.2) is 4.98 Å². The van der Waals surface area contributed by atoms with Gasteiger partial charge >= 0.3 is 0 Å². The molecule has 0 unspecified atom stereocenters. The molecule has 0 amide bonds. The van der Waals surface area contributed by atoms with Crippen LogP contribution in [0.4, 0.5) is 5.82 Å². The van der Waals surface area contributed by atoms with Gasteiger partial charge in [-0.3, -0.25) is 5.43 Å². The number of benzene rings is 1. The minimum Gasteiger partial charge on any atom is -0.490 e. The lowest BCUT2D eigenvalue weighted by molar-refractivity contribution is 0.297. The molecule has 0 saturated carbocycles. The molecule has 1 aliphatic rings. The average molecular weight is 352 g/mol. The zero-order chi connectivity index (χ0) is 16.2. The molecule has 7 heteroatoms. The summed E-state index contributed by atoms with van der Waals surface area (Å²) in [6.07, 6.45) is 2.38. The van der Waals surface area contributed by atoms with Crippen LogP contribution in [0.5, 0.6) is 11.5 Å². The van der Waals surface area contributed by atoms with E-state index in [1.165, 1.54) is 6.20 Å². The van der Waals surface area contributed by atoms with Gasteiger partial charge in [0.2, 0.25) is 0 Å². The zero-order valence-corrected chi connectivity index (χ0v) is 14.0. The van der Waals surface area contributed by atoms with Gasteiger partial charge in [0.05, 0.1) is 29.0 Å². The number of nitrogens with one attached hydrogen (secondary N) is 1. The Morgan fingerprint density at radius 2 is 1.96 bits per heavy atom. The Kier molecular flexibility index (Phi) is 4.88. The number of halogens is 2. The van der Waals surface area contributed by atoms with E-state index < -0.39 is 0 Å². The van der Waals surface area contributed by atoms with Crippen molar-refractivity contribution in [3.05, 3.63) is 46.1 Å². The maximum Gasteiger partial charge on any atom is 0.165 e. The van der Waals surface area contributed by atoms with Crippen molar-refractivity contribution >= 4 is 34.7 Å². The molecule has 2 heterocycles. The third-order valence-corrected chi connectivity index (χ3v) is 3.80. The Bertz CT molecular complexity index is 750. The molecule has 1 aliphatic heterocycles. The number of aromatic nitrogens is 1. The Morgan fingerprint density at radius 3 is 2.74 bits per heavy atom. The van der Waals surface area contributed by atoms with E-state index in [0.29, 0.717) is 29.1 Å². The summed E-state index contributed by atoms with van der Waals surface area (Å²) in [5.41, 5.74) is 4.54. The number of ether oxygens (including phenoxy) is 2. The summed E-state index contributed by atoms with van der Waals surface area (Å²) in [5.74, 6) is 1.94. The summed E-state index contributed by atoms with van der Waals surface area (Å²) in [4.78, 5) is 4.10. The molecule has 1 aromatic carbocycles. The highest BCUT2D eigenvalue weighted by Gasteiger charge is 2.11. The highest BCUT2D eigenvalue weighted by Crippen LogP contribution is 2.30. The summed E-state index contributed by atoms with van der Waals surface area (Å²) >= 11 is 11.9. The molecule has 3 rings (SSSR count). The van der Waals surface area contributed by atoms with Gasteiger partial charge in [-0.05, 0) is 31.2 Å². The van der Waals surface area contributed by atoms with Crippen molar-refractivity contribution in [1.29, 1.82) is 0 Å². The van der Waals surface area contributed by atoms with E-state index in [2.05, 4.69) is 15.5 Å². The minimum atomic E-state index is 0.410. The lowest BCUT2D eigenvalue weighted by Crippen LogP contribution is -2.02. The number of hydrogen-bond acceptors (Lipinski definition) is 5. The monoisotopic (exact) mass is 351 g/mol. The average Bonchev–Trinajstić information content (AvgIpc) is 2.78. The van der Waals surface area contributed by atoms with E-state index in [-0.39, 0.29) is 0 Å². The maximum atomic E-state index is 6.06. The Balaban J connectivity index is 1.79. The molecular weight excluding hydrogens is 337 g/mol. The molecule has 0 aliphatic carbocycles. The van der Waals surface area contributed by atoms with Crippen LogP contribution in [-0.4, -0.2) is 23.9 Å². The van der Waals surface area contributed by atoms with Gasteiger partial charge in [0, 0.05) is 18.2 Å². The fourth-order valence-corrected chi connectivity index (χ4v) is 2.51. The Labute approximate surface area is 144 Å². The summed E-state index contributed by atoms with van der Waals surface area (Å²) in [6, 6.07) is 7.35. The number of fused-ring (bicyclic) bond motifs is 1. The zero-order valence-electron chi connectivity index (χ0n) is 12.5. The molecular formula is C16H15Cl2N3O2. The summed E-state index contributed by atoms with van der Waals surface area (Å²) in [6.45, 7) is 3.20. The van der Waals surface area contributed by atoms with Crippen molar-refractivity contribution in [3.63, 3.8) is 0 Å². The van der Waals surface area contributed by atoms with Gasteiger partial charge in [-0.1, -0.05) is 23.2 Å². The molecule has 0 fully saturated rings. The molecule has 1 aromatic heterocycles. The second kappa shape index (κ2) is 7.06. The maximum absolute atomic E-state index is 6.06. The standard InChI is InChI=1S/C16H15Cl2N3O2/c1-10(20-21-16-13(18)8-12(17)9-19-16)11-3-4-14-15(7-11)23-6-2-5-22-14/h3-4,7-9H,2,5-6H2,1H3,(H,19,21)/b20-10-. The largest absolute Gasteiger partial charge is 0.490 e. The van der Waals surface area contributed by atoms with Crippen LogP contribution in [0.3, 0.4) is 0 Å². The molecule has 2 aromatic rings. The number of anilines is 1. The Morgan fingerprint density at radius 1 is 1.17 bits per heavy atom. The van der Waals surface area contributed by atoms with E-state index >= 15 is 0 Å². The first-order chi connectivity index (χ1) is 11.1. The van der Waals surface area contributed by atoms with Crippen LogP contribution in [0.25, 0.3) is 0 Å². The van der Waals surface area contributed by atoms with Gasteiger partial charge in [0.15, 0.2) is 17.3 Å². The van der Waals surface area contributed by atoms with Gasteiger partial charge < -0.3 is 9.47 Å². The number of hydrazone groups is 1. The van der Waals surface area contributed by atoms with Crippen LogP contribution in [-0.2, 0) is 0 Å². The molecule has 5 nitrogen and oxygen atoms in total. The Hall–Kier alpha value is -1.98. The lowest BCUT2D eigenvalue weighted by atomic mass is 10.1. The van der Waals surface area contributed by atoms with Gasteiger partial charge in [0.1, 0.15) is 0 Å². The molecule has 23 heavy (non-hydrogen) atoms. The SMILES string of the molecule is C/C(=N/Nc1ncc(Cl)cc1Cl)c1ccc2c(c1)OCCCO2. The quantitative estimate of drug-likeness (QED) is 0.658. The van der Waals surface area contributed by atoms with E-state index in [0.717, 1.165) is 29.2 Å². The van der Waals surface area contributed by atoms with Crippen molar-refractivity contribution in [2.45, 2.75) is 13.3 Å². The molecule has 0 saturated heterocycles. The first-order valence-corrected chi connectivity index (χ1v) is 7.90. The fourth-order valence-electron chi connectivity index (χ4n) is 2.09. The van der Waals surface area contributed by atoms with Crippen LogP contribution in [0.1, 0.15) is 18.9 Å². The van der Waals surface area contributed by atoms with Crippen molar-refractivity contribution in [1.82, 2.24) is 4.98 Å². The van der Waals surface area contributed by atoms with E-state index in [1.54, 1.807) is 6.07 Å². The highest BCUT2D eigenvalue weighted by molar-refractivity contribution is 6.35. The van der Waals surface area contributed by atoms with E-state index in [9.17, 15) is 0 Å². The lowest BCUT2D eigenvalue weighted by Gasteiger charge is -2.09. The third-order valence-electron chi connectivity index (χ3n) is 3.30. The van der Waals surface area contributed by atoms with Crippen LogP contribution in [0.15, 0.2) is 35.6 Å². The minimum absolute atomic E-state index is 0.410. The van der Waals surface area contributed by atoms with Crippen LogP contribution in [0, 0.1) is 0 Å². The molecule has 0 spiro atoms. The van der Waals surface area contributed by atoms with Crippen molar-refractivity contribution in [3.8, 4) is 11.5 Å². The van der Waals surface area contributed by atoms with Crippen LogP contribution >= 0.6 is 23.2 Å². The van der Waals surface area contributed by atoms with Gasteiger partial charge in [-0.2, -0.15) is 5.10 Å². The van der Waals surface area contributed by atoms with E-state index in [4.69, 9.17) is 32.7 Å². The summed E-state index contributed by atoms with van der Waals surface area (Å²) in [7, 11) is 0. The topological polar surface area (TPSA) is 55.7 Å². The number of nitrogens with zero attached hydrogens (tertiary/aromatic N) is 2. The van der Waals surface area contributed by atoms with Crippen LogP contribution < -0.4 is 14.9 Å². The number of pyridine rings is 1. The van der Waals surface area contributed by atoms with Crippen LogP contribution in [0.2, 0.25) is 10.0 Å². The smallest absolute Gasteiger partial charge is 0.165 e.